The van der Waals surface area contributed by atoms with Crippen LogP contribution in [0.1, 0.15) is 25.0 Å². The summed E-state index contributed by atoms with van der Waals surface area (Å²) in [7, 11) is 0. The highest BCUT2D eigenvalue weighted by Crippen LogP contribution is 2.33. The summed E-state index contributed by atoms with van der Waals surface area (Å²) < 4.78 is 25.1. The molecule has 8 heteroatoms. The van der Waals surface area contributed by atoms with Crippen LogP contribution in [0.3, 0.4) is 0 Å². The van der Waals surface area contributed by atoms with E-state index in [1.54, 1.807) is 23.2 Å². The van der Waals surface area contributed by atoms with E-state index in [4.69, 9.17) is 14.5 Å². The molecule has 0 atom stereocenters. The number of nitrogens with zero attached hydrogens (tertiary/aromatic N) is 4. The number of hydrogen-bond donors (Lipinski definition) is 0. The summed E-state index contributed by atoms with van der Waals surface area (Å²) >= 11 is 0. The van der Waals surface area contributed by atoms with E-state index in [2.05, 4.69) is 9.88 Å². The van der Waals surface area contributed by atoms with Gasteiger partial charge in [-0.05, 0) is 68.7 Å². The van der Waals surface area contributed by atoms with Crippen LogP contribution in [0, 0.1) is 19.7 Å². The van der Waals surface area contributed by atoms with Crippen molar-refractivity contribution in [2.45, 2.75) is 33.8 Å². The fourth-order valence-corrected chi connectivity index (χ4v) is 4.23. The van der Waals surface area contributed by atoms with Gasteiger partial charge in [0.25, 0.3) is 0 Å². The molecular formula is C28H33FN4O3. The van der Waals surface area contributed by atoms with E-state index in [9.17, 15) is 9.18 Å². The van der Waals surface area contributed by atoms with Crippen LogP contribution in [-0.2, 0) is 4.74 Å². The van der Waals surface area contributed by atoms with Crippen LogP contribution < -0.4 is 4.74 Å². The molecule has 0 N–H and O–H groups in total. The summed E-state index contributed by atoms with van der Waals surface area (Å²) in [4.78, 5) is 25.5. The van der Waals surface area contributed by atoms with Crippen LogP contribution in [-0.4, -0.2) is 71.3 Å². The van der Waals surface area contributed by atoms with Crippen LogP contribution in [0.4, 0.5) is 9.18 Å². The SMILES string of the molecule is Cc1cccnc1-c1cc(-c2ccc(F)cc2)c(C)c(OCCN2CCN(C(=O)OC(C)C)CC2)n1. The molecular weight excluding hydrogens is 459 g/mol. The maximum Gasteiger partial charge on any atom is 0.410 e. The van der Waals surface area contributed by atoms with Gasteiger partial charge in [-0.3, -0.25) is 9.88 Å². The Morgan fingerprint density at radius 3 is 2.47 bits per heavy atom. The molecule has 3 heterocycles. The number of hydrogen-bond acceptors (Lipinski definition) is 6. The zero-order valence-electron chi connectivity index (χ0n) is 21.3. The molecule has 1 aliphatic rings. The molecule has 0 bridgehead atoms. The molecule has 0 unspecified atom stereocenters. The summed E-state index contributed by atoms with van der Waals surface area (Å²) in [6.45, 7) is 11.6. The fraction of sp³-hybridized carbons (Fsp3) is 0.393. The smallest absolute Gasteiger partial charge is 0.410 e. The minimum atomic E-state index is -0.278. The standard InChI is InChI=1S/C28H33FN4O3/c1-19(2)36-28(34)33-14-12-32(13-15-33)16-17-35-27-21(4)24(22-7-9-23(29)10-8-22)18-25(31-27)26-20(3)6-5-11-30-26/h5-11,18-19H,12-17H2,1-4H3. The molecule has 1 fully saturated rings. The Morgan fingerprint density at radius 1 is 1.08 bits per heavy atom. The van der Waals surface area contributed by atoms with E-state index in [-0.39, 0.29) is 18.0 Å². The first-order chi connectivity index (χ1) is 17.3. The number of piperazine rings is 1. The Hall–Kier alpha value is -3.52. The number of aromatic nitrogens is 2. The van der Waals surface area contributed by atoms with E-state index in [0.717, 1.165) is 41.0 Å². The average Bonchev–Trinajstić information content (AvgIpc) is 2.86. The summed E-state index contributed by atoms with van der Waals surface area (Å²) in [5.74, 6) is 0.260. The van der Waals surface area contributed by atoms with E-state index in [1.165, 1.54) is 12.1 Å². The molecule has 36 heavy (non-hydrogen) atoms. The van der Waals surface area contributed by atoms with Gasteiger partial charge in [0.15, 0.2) is 0 Å². The molecule has 0 saturated carbocycles. The predicted octanol–water partition coefficient (Wildman–Crippen LogP) is 5.11. The van der Waals surface area contributed by atoms with Crippen LogP contribution in [0.15, 0.2) is 48.7 Å². The molecule has 0 radical (unpaired) electrons. The number of carbonyl (C=O) groups is 1. The van der Waals surface area contributed by atoms with Gasteiger partial charge in [0.1, 0.15) is 12.4 Å². The predicted molar refractivity (Wildman–Crippen MR) is 137 cm³/mol. The minimum absolute atomic E-state index is 0.120. The van der Waals surface area contributed by atoms with Gasteiger partial charge in [-0.15, -0.1) is 0 Å². The quantitative estimate of drug-likeness (QED) is 0.457. The lowest BCUT2D eigenvalue weighted by Gasteiger charge is -2.34. The van der Waals surface area contributed by atoms with Gasteiger partial charge in [0, 0.05) is 44.5 Å². The van der Waals surface area contributed by atoms with E-state index in [1.807, 2.05) is 45.9 Å². The Morgan fingerprint density at radius 2 is 1.81 bits per heavy atom. The van der Waals surface area contributed by atoms with Crippen LogP contribution in [0.2, 0.25) is 0 Å². The van der Waals surface area contributed by atoms with Crippen molar-refractivity contribution in [2.24, 2.45) is 0 Å². The Balaban J connectivity index is 1.48. The van der Waals surface area contributed by atoms with Crippen molar-refractivity contribution in [3.63, 3.8) is 0 Å². The second kappa shape index (κ2) is 11.5. The number of rotatable bonds is 7. The number of aryl methyl sites for hydroxylation is 1. The number of amides is 1. The van der Waals surface area contributed by atoms with Gasteiger partial charge in [0.05, 0.1) is 17.5 Å². The average molecular weight is 493 g/mol. The normalized spacial score (nSPS) is 14.2. The van der Waals surface area contributed by atoms with Crippen molar-refractivity contribution in [3.8, 4) is 28.4 Å². The molecule has 4 rings (SSSR count). The third kappa shape index (κ3) is 6.18. The highest BCUT2D eigenvalue weighted by Gasteiger charge is 2.23. The largest absolute Gasteiger partial charge is 0.476 e. The Kier molecular flexibility index (Phi) is 8.15. The summed E-state index contributed by atoms with van der Waals surface area (Å²) in [6.07, 6.45) is 1.37. The first-order valence-corrected chi connectivity index (χ1v) is 12.3. The second-order valence-corrected chi connectivity index (χ2v) is 9.27. The second-order valence-electron chi connectivity index (χ2n) is 9.27. The van der Waals surface area contributed by atoms with E-state index >= 15 is 0 Å². The zero-order chi connectivity index (χ0) is 25.7. The van der Waals surface area contributed by atoms with E-state index < -0.39 is 0 Å². The number of carbonyl (C=O) groups excluding carboxylic acids is 1. The molecule has 190 valence electrons. The number of pyridine rings is 2. The van der Waals surface area contributed by atoms with Crippen LogP contribution in [0.25, 0.3) is 22.5 Å². The maximum absolute atomic E-state index is 13.6. The molecule has 1 saturated heterocycles. The lowest BCUT2D eigenvalue weighted by atomic mass is 9.99. The monoisotopic (exact) mass is 492 g/mol. The Labute approximate surface area is 211 Å². The van der Waals surface area contributed by atoms with Crippen molar-refractivity contribution >= 4 is 6.09 Å². The third-order valence-electron chi connectivity index (χ3n) is 6.25. The van der Waals surface area contributed by atoms with Crippen molar-refractivity contribution in [3.05, 3.63) is 65.6 Å². The van der Waals surface area contributed by atoms with Crippen molar-refractivity contribution in [1.29, 1.82) is 0 Å². The summed E-state index contributed by atoms with van der Waals surface area (Å²) in [5, 5.41) is 0. The first kappa shape index (κ1) is 25.6. The van der Waals surface area contributed by atoms with Crippen molar-refractivity contribution < 1.29 is 18.7 Å². The highest BCUT2D eigenvalue weighted by molar-refractivity contribution is 5.74. The van der Waals surface area contributed by atoms with Gasteiger partial charge < -0.3 is 14.4 Å². The van der Waals surface area contributed by atoms with Crippen LogP contribution in [0.5, 0.6) is 5.88 Å². The fourth-order valence-electron chi connectivity index (χ4n) is 4.23. The molecule has 0 aliphatic carbocycles. The minimum Gasteiger partial charge on any atom is -0.476 e. The zero-order valence-corrected chi connectivity index (χ0v) is 21.3. The Bertz CT molecular complexity index is 1190. The molecule has 7 nitrogen and oxygen atoms in total. The molecule has 1 amide bonds. The topological polar surface area (TPSA) is 67.8 Å². The van der Waals surface area contributed by atoms with Gasteiger partial charge in [0.2, 0.25) is 5.88 Å². The van der Waals surface area contributed by atoms with Crippen molar-refractivity contribution in [2.75, 3.05) is 39.3 Å². The van der Waals surface area contributed by atoms with Gasteiger partial charge in [-0.2, -0.15) is 0 Å². The van der Waals surface area contributed by atoms with E-state index in [0.29, 0.717) is 37.8 Å². The number of ether oxygens (including phenoxy) is 2. The molecule has 1 aliphatic heterocycles. The summed E-state index contributed by atoms with van der Waals surface area (Å²) in [5.41, 5.74) is 5.22. The maximum atomic E-state index is 13.6. The van der Waals surface area contributed by atoms with Crippen LogP contribution >= 0.6 is 0 Å². The van der Waals surface area contributed by atoms with Gasteiger partial charge in [-0.1, -0.05) is 18.2 Å². The molecule has 2 aromatic heterocycles. The van der Waals surface area contributed by atoms with Gasteiger partial charge >= 0.3 is 6.09 Å². The lowest BCUT2D eigenvalue weighted by Crippen LogP contribution is -2.50. The highest BCUT2D eigenvalue weighted by atomic mass is 19.1. The third-order valence-corrected chi connectivity index (χ3v) is 6.25. The van der Waals surface area contributed by atoms with Gasteiger partial charge in [-0.25, -0.2) is 14.2 Å². The lowest BCUT2D eigenvalue weighted by molar-refractivity contribution is 0.0547. The molecule has 1 aromatic carbocycles. The molecule has 0 spiro atoms. The number of halogens is 1. The number of benzene rings is 1. The van der Waals surface area contributed by atoms with Crippen molar-refractivity contribution in [1.82, 2.24) is 19.8 Å². The first-order valence-electron chi connectivity index (χ1n) is 12.3. The summed E-state index contributed by atoms with van der Waals surface area (Å²) in [6, 6.07) is 12.3. The molecule has 3 aromatic rings.